The lowest BCUT2D eigenvalue weighted by Gasteiger charge is -1.78. The van der Waals surface area contributed by atoms with Crippen LogP contribution in [0.3, 0.4) is 0 Å². The first kappa shape index (κ1) is 11.4. The molecule has 0 aromatic rings. The molecule has 0 fully saturated rings. The van der Waals surface area contributed by atoms with Crippen LogP contribution in [0.25, 0.3) is 0 Å². The lowest BCUT2D eigenvalue weighted by atomic mass is 10.5. The molecule has 0 aliphatic heterocycles. The summed E-state index contributed by atoms with van der Waals surface area (Å²) < 4.78 is 0. The lowest BCUT2D eigenvalue weighted by molar-refractivity contribution is 1.50. The van der Waals surface area contributed by atoms with Gasteiger partial charge in [0, 0.05) is 0 Å². The third kappa shape index (κ3) is 18.4. The maximum Gasteiger partial charge on any atom is 0.0624 e. The van der Waals surface area contributed by atoms with E-state index < -0.39 is 0 Å². The van der Waals surface area contributed by atoms with E-state index in [2.05, 4.69) is 12.6 Å². The Morgan fingerprint density at radius 3 is 2.00 bits per heavy atom. The summed E-state index contributed by atoms with van der Waals surface area (Å²) in [5.41, 5.74) is 5.15. The normalized spacial score (nSPS) is 10.9. The van der Waals surface area contributed by atoms with Crippen LogP contribution in [0, 0.1) is 0 Å². The number of allylic oxidation sites excluding steroid dienone is 3. The Hall–Kier alpha value is -0.370. The van der Waals surface area contributed by atoms with Gasteiger partial charge in [-0.15, -0.1) is 12.6 Å². The van der Waals surface area contributed by atoms with Gasteiger partial charge in [0.25, 0.3) is 0 Å². The number of hydrogen-bond donors (Lipinski definition) is 2. The molecule has 0 unspecified atom stereocenters. The molecule has 0 atom stereocenters. The summed E-state index contributed by atoms with van der Waals surface area (Å²) in [6.07, 6.45) is 5.45. The van der Waals surface area contributed by atoms with Gasteiger partial charge in [-0.2, -0.15) is 0 Å². The Labute approximate surface area is 63.1 Å². The first-order valence-electron chi connectivity index (χ1n) is 3.04. The highest BCUT2D eigenvalue weighted by molar-refractivity contribution is 7.84. The maximum atomic E-state index is 5.15. The highest BCUT2D eigenvalue weighted by Gasteiger charge is 1.66. The minimum atomic E-state index is 0.540. The van der Waals surface area contributed by atoms with E-state index >= 15 is 0 Å². The van der Waals surface area contributed by atoms with E-state index in [1.165, 1.54) is 0 Å². The van der Waals surface area contributed by atoms with Gasteiger partial charge in [-0.3, -0.25) is 0 Å². The molecule has 0 bridgehead atoms. The van der Waals surface area contributed by atoms with Crippen LogP contribution in [0.5, 0.6) is 0 Å². The molecular weight excluding hydrogens is 130 g/mol. The van der Waals surface area contributed by atoms with Crippen LogP contribution >= 0.6 is 12.6 Å². The molecule has 0 radical (unpaired) electrons. The first-order valence-corrected chi connectivity index (χ1v) is 3.49. The molecule has 0 heterocycles. The van der Waals surface area contributed by atoms with E-state index in [9.17, 15) is 0 Å². The Bertz CT molecular complexity index is 91.1. The van der Waals surface area contributed by atoms with E-state index in [1.54, 1.807) is 6.08 Å². The van der Waals surface area contributed by atoms with Gasteiger partial charge in [-0.1, -0.05) is 26.0 Å². The second-order valence-electron chi connectivity index (χ2n) is 1.12. The van der Waals surface area contributed by atoms with E-state index in [-0.39, 0.29) is 0 Å². The van der Waals surface area contributed by atoms with Gasteiger partial charge in [0.1, 0.15) is 0 Å². The van der Waals surface area contributed by atoms with Gasteiger partial charge in [0.2, 0.25) is 0 Å². The van der Waals surface area contributed by atoms with Gasteiger partial charge >= 0.3 is 0 Å². The Morgan fingerprint density at radius 1 is 1.44 bits per heavy atom. The molecule has 0 saturated carbocycles. The van der Waals surface area contributed by atoms with Crippen LogP contribution in [-0.4, -0.2) is 0 Å². The van der Waals surface area contributed by atoms with Crippen molar-refractivity contribution in [2.45, 2.75) is 20.8 Å². The zero-order valence-corrected chi connectivity index (χ0v) is 7.15. The fraction of sp³-hybridized carbons (Fsp3) is 0.429. The second kappa shape index (κ2) is 10.6. The molecule has 0 amide bonds. The number of hydrogen-bond acceptors (Lipinski definition) is 2. The topological polar surface area (TPSA) is 26.0 Å². The summed E-state index contributed by atoms with van der Waals surface area (Å²) in [5.74, 6) is 0. The van der Waals surface area contributed by atoms with Crippen LogP contribution < -0.4 is 5.73 Å². The minimum Gasteiger partial charge on any atom is -0.394 e. The highest BCUT2D eigenvalue weighted by atomic mass is 32.1. The zero-order chi connectivity index (χ0) is 7.70. The van der Waals surface area contributed by atoms with E-state index in [0.29, 0.717) is 5.03 Å². The van der Waals surface area contributed by atoms with Crippen molar-refractivity contribution in [2.75, 3.05) is 0 Å². The summed E-state index contributed by atoms with van der Waals surface area (Å²) in [5, 5.41) is 0.540. The first-order chi connectivity index (χ1) is 4.27. The molecular formula is C7H15NS. The molecule has 0 aliphatic rings. The molecule has 2 N–H and O–H groups in total. The molecule has 0 aromatic heterocycles. The second-order valence-corrected chi connectivity index (χ2v) is 1.63. The van der Waals surface area contributed by atoms with Crippen molar-refractivity contribution in [1.29, 1.82) is 0 Å². The van der Waals surface area contributed by atoms with E-state index in [1.807, 2.05) is 32.9 Å². The van der Waals surface area contributed by atoms with Crippen molar-refractivity contribution < 1.29 is 0 Å². The van der Waals surface area contributed by atoms with E-state index in [4.69, 9.17) is 5.73 Å². The van der Waals surface area contributed by atoms with E-state index in [0.717, 1.165) is 0 Å². The fourth-order valence-electron chi connectivity index (χ4n) is 0.195. The largest absolute Gasteiger partial charge is 0.394 e. The monoisotopic (exact) mass is 145 g/mol. The van der Waals surface area contributed by atoms with Crippen molar-refractivity contribution in [3.8, 4) is 0 Å². The van der Waals surface area contributed by atoms with Crippen LogP contribution in [-0.2, 0) is 0 Å². The fourth-order valence-corrected chi connectivity index (χ4v) is 0.281. The van der Waals surface area contributed by atoms with Crippen LogP contribution in [0.2, 0.25) is 0 Å². The average Bonchev–Trinajstić information content (AvgIpc) is 1.88. The average molecular weight is 145 g/mol. The lowest BCUT2D eigenvalue weighted by Crippen LogP contribution is -1.83. The summed E-state index contributed by atoms with van der Waals surface area (Å²) in [6, 6.07) is 0. The molecule has 54 valence electrons. The zero-order valence-electron chi connectivity index (χ0n) is 6.26. The number of rotatable bonds is 1. The van der Waals surface area contributed by atoms with Crippen molar-refractivity contribution in [3.05, 3.63) is 23.3 Å². The maximum absolute atomic E-state index is 5.15. The molecule has 2 heteroatoms. The number of thiol groups is 1. The molecule has 0 aromatic carbocycles. The standard InChI is InChI=1S/C5H9NS.C2H6/c1-2-3-4-5(6)7;1-2/h2-4,7H,6H2,1H3;1-2H3/b3-2-,5-4-;. The SMILES string of the molecule is C/C=C\C=C(\N)S.CC. The molecule has 0 rings (SSSR count). The van der Waals surface area contributed by atoms with Crippen molar-refractivity contribution in [2.24, 2.45) is 5.73 Å². The minimum absolute atomic E-state index is 0.540. The summed E-state index contributed by atoms with van der Waals surface area (Å²) >= 11 is 3.82. The predicted molar refractivity (Wildman–Crippen MR) is 47.4 cm³/mol. The summed E-state index contributed by atoms with van der Waals surface area (Å²) in [4.78, 5) is 0. The van der Waals surface area contributed by atoms with Crippen LogP contribution in [0.1, 0.15) is 20.8 Å². The summed E-state index contributed by atoms with van der Waals surface area (Å²) in [6.45, 7) is 5.92. The van der Waals surface area contributed by atoms with Crippen molar-refractivity contribution in [1.82, 2.24) is 0 Å². The Morgan fingerprint density at radius 2 is 1.89 bits per heavy atom. The molecule has 0 saturated heterocycles. The van der Waals surface area contributed by atoms with Crippen molar-refractivity contribution in [3.63, 3.8) is 0 Å². The molecule has 0 aliphatic carbocycles. The van der Waals surface area contributed by atoms with Crippen LogP contribution in [0.4, 0.5) is 0 Å². The van der Waals surface area contributed by atoms with Gasteiger partial charge in [0.05, 0.1) is 5.03 Å². The number of nitrogens with two attached hydrogens (primary N) is 1. The van der Waals surface area contributed by atoms with Crippen molar-refractivity contribution >= 4 is 12.6 Å². The summed E-state index contributed by atoms with van der Waals surface area (Å²) in [7, 11) is 0. The molecule has 1 nitrogen and oxygen atoms in total. The van der Waals surface area contributed by atoms with Gasteiger partial charge in [-0.25, -0.2) is 0 Å². The van der Waals surface area contributed by atoms with Gasteiger partial charge in [0.15, 0.2) is 0 Å². The molecule has 0 spiro atoms. The smallest absolute Gasteiger partial charge is 0.0624 e. The highest BCUT2D eigenvalue weighted by Crippen LogP contribution is 1.87. The Kier molecular flexibility index (Phi) is 13.4. The Balaban J connectivity index is 0. The third-order valence-electron chi connectivity index (χ3n) is 0.459. The molecule has 9 heavy (non-hydrogen) atoms. The van der Waals surface area contributed by atoms with Gasteiger partial charge in [-0.05, 0) is 13.0 Å². The third-order valence-corrected chi connectivity index (χ3v) is 0.609. The quantitative estimate of drug-likeness (QED) is 0.430. The predicted octanol–water partition coefficient (Wildman–Crippen LogP) is 2.32. The van der Waals surface area contributed by atoms with Gasteiger partial charge < -0.3 is 5.73 Å². The van der Waals surface area contributed by atoms with Crippen LogP contribution in [0.15, 0.2) is 23.3 Å².